The zero-order chi connectivity index (χ0) is 20.7. The number of aromatic carboxylic acids is 1. The highest BCUT2D eigenvalue weighted by atomic mass is 35.5. The maximum Gasteiger partial charge on any atom is 0.336 e. The molecule has 0 atom stereocenters. The van der Waals surface area contributed by atoms with Gasteiger partial charge < -0.3 is 14.6 Å². The van der Waals surface area contributed by atoms with Crippen molar-refractivity contribution >= 4 is 53.3 Å². The minimum Gasteiger partial charge on any atom is -0.478 e. The van der Waals surface area contributed by atoms with Crippen LogP contribution in [-0.2, 0) is 19.1 Å². The molecule has 0 heterocycles. The van der Waals surface area contributed by atoms with Gasteiger partial charge in [0.05, 0.1) is 28.8 Å². The third kappa shape index (κ3) is 5.84. The molecule has 1 aromatic rings. The summed E-state index contributed by atoms with van der Waals surface area (Å²) in [6.07, 6.45) is 2.72. The van der Waals surface area contributed by atoms with Crippen LogP contribution in [0.25, 0.3) is 12.2 Å². The summed E-state index contributed by atoms with van der Waals surface area (Å²) in [6, 6.07) is 1.21. The van der Waals surface area contributed by atoms with Crippen LogP contribution in [0.4, 0.5) is 0 Å². The molecule has 0 fully saturated rings. The average molecular weight is 415 g/mol. The molecule has 0 bridgehead atoms. The number of benzene rings is 1. The molecule has 0 amide bonds. The SMILES string of the molecule is CCOC(=O)C(C)=Cc1c(C(=O)O)cc(Cl)c(/C=C(\C)C(=O)OCC)c1Cl. The van der Waals surface area contributed by atoms with Crippen LogP contribution in [0.1, 0.15) is 49.2 Å². The Bertz CT molecular complexity index is 824. The molecule has 0 unspecified atom stereocenters. The van der Waals surface area contributed by atoms with Gasteiger partial charge in [0.1, 0.15) is 0 Å². The predicted molar refractivity (Wildman–Crippen MR) is 104 cm³/mol. The number of hydrogen-bond donors (Lipinski definition) is 1. The second-order valence-corrected chi connectivity index (χ2v) is 6.23. The Kier molecular flexibility index (Phi) is 8.53. The number of rotatable bonds is 7. The lowest BCUT2D eigenvalue weighted by molar-refractivity contribution is -0.139. The number of carboxylic acids is 1. The van der Waals surface area contributed by atoms with E-state index >= 15 is 0 Å². The van der Waals surface area contributed by atoms with Crippen molar-refractivity contribution in [2.24, 2.45) is 0 Å². The van der Waals surface area contributed by atoms with Crippen LogP contribution in [0.3, 0.4) is 0 Å². The van der Waals surface area contributed by atoms with Gasteiger partial charge in [-0.1, -0.05) is 23.2 Å². The van der Waals surface area contributed by atoms with Crippen LogP contribution in [0.5, 0.6) is 0 Å². The van der Waals surface area contributed by atoms with Crippen molar-refractivity contribution in [3.8, 4) is 0 Å². The molecule has 0 radical (unpaired) electrons. The van der Waals surface area contributed by atoms with Crippen LogP contribution in [0, 0.1) is 0 Å². The highest BCUT2D eigenvalue weighted by Gasteiger charge is 2.20. The number of carbonyl (C=O) groups excluding carboxylic acids is 2. The average Bonchev–Trinajstić information content (AvgIpc) is 2.60. The zero-order valence-electron chi connectivity index (χ0n) is 15.4. The van der Waals surface area contributed by atoms with Crippen molar-refractivity contribution in [1.82, 2.24) is 0 Å². The van der Waals surface area contributed by atoms with E-state index in [0.29, 0.717) is 0 Å². The summed E-state index contributed by atoms with van der Waals surface area (Å²) in [7, 11) is 0. The molecular formula is C19H20Cl2O6. The molecule has 0 aliphatic rings. The highest BCUT2D eigenvalue weighted by Crippen LogP contribution is 2.35. The Morgan fingerprint density at radius 2 is 1.41 bits per heavy atom. The van der Waals surface area contributed by atoms with Crippen molar-refractivity contribution in [2.75, 3.05) is 13.2 Å². The van der Waals surface area contributed by atoms with E-state index in [1.54, 1.807) is 13.8 Å². The summed E-state index contributed by atoms with van der Waals surface area (Å²) in [5, 5.41) is 9.49. The fourth-order valence-electron chi connectivity index (χ4n) is 2.14. The second-order valence-electron chi connectivity index (χ2n) is 5.45. The summed E-state index contributed by atoms with van der Waals surface area (Å²) in [6.45, 7) is 6.72. The zero-order valence-corrected chi connectivity index (χ0v) is 16.9. The van der Waals surface area contributed by atoms with Crippen LogP contribution in [0.15, 0.2) is 17.2 Å². The number of carbonyl (C=O) groups is 3. The van der Waals surface area contributed by atoms with E-state index in [0.717, 1.165) is 0 Å². The Labute approximate surface area is 167 Å². The maximum atomic E-state index is 11.9. The first-order valence-corrected chi connectivity index (χ1v) is 8.85. The van der Waals surface area contributed by atoms with E-state index in [9.17, 15) is 19.5 Å². The molecule has 1 aromatic carbocycles. The maximum absolute atomic E-state index is 11.9. The number of esters is 2. The van der Waals surface area contributed by atoms with Gasteiger partial charge in [-0.05, 0) is 45.9 Å². The number of carboxylic acid groups (broad SMARTS) is 1. The molecule has 0 aromatic heterocycles. The minimum atomic E-state index is -1.26. The molecule has 146 valence electrons. The third-order valence-electron chi connectivity index (χ3n) is 3.44. The van der Waals surface area contributed by atoms with Gasteiger partial charge in [0.25, 0.3) is 0 Å². The fraction of sp³-hybridized carbons (Fsp3) is 0.316. The van der Waals surface area contributed by atoms with Crippen LogP contribution >= 0.6 is 23.2 Å². The lowest BCUT2D eigenvalue weighted by Crippen LogP contribution is -2.07. The fourth-order valence-corrected chi connectivity index (χ4v) is 2.76. The molecule has 27 heavy (non-hydrogen) atoms. The second kappa shape index (κ2) is 10.1. The van der Waals surface area contributed by atoms with E-state index in [-0.39, 0.29) is 51.1 Å². The van der Waals surface area contributed by atoms with Gasteiger partial charge in [0.15, 0.2) is 0 Å². The van der Waals surface area contributed by atoms with E-state index in [2.05, 4.69) is 0 Å². The Hall–Kier alpha value is -2.31. The summed E-state index contributed by atoms with van der Waals surface area (Å²) < 4.78 is 9.81. The lowest BCUT2D eigenvalue weighted by atomic mass is 10.00. The molecular weight excluding hydrogens is 395 g/mol. The van der Waals surface area contributed by atoms with Crippen molar-refractivity contribution in [1.29, 1.82) is 0 Å². The van der Waals surface area contributed by atoms with E-state index in [1.807, 2.05) is 0 Å². The van der Waals surface area contributed by atoms with E-state index in [4.69, 9.17) is 32.7 Å². The van der Waals surface area contributed by atoms with Gasteiger partial charge in [-0.25, -0.2) is 14.4 Å². The Morgan fingerprint density at radius 3 is 1.81 bits per heavy atom. The van der Waals surface area contributed by atoms with Gasteiger partial charge in [-0.3, -0.25) is 0 Å². The van der Waals surface area contributed by atoms with Crippen molar-refractivity contribution in [3.05, 3.63) is 43.9 Å². The standard InChI is InChI=1S/C19H20Cl2O6/c1-5-26-18(24)10(3)7-12-13(17(22)23)9-15(20)14(16(12)21)8-11(4)19(25)27-6-2/h7-9H,5-6H2,1-4H3,(H,22,23)/b10-7?,11-8+. The van der Waals surface area contributed by atoms with Crippen molar-refractivity contribution in [3.63, 3.8) is 0 Å². The smallest absolute Gasteiger partial charge is 0.336 e. The molecule has 0 aliphatic heterocycles. The van der Waals surface area contributed by atoms with Gasteiger partial charge >= 0.3 is 17.9 Å². The lowest BCUT2D eigenvalue weighted by Gasteiger charge is -2.12. The van der Waals surface area contributed by atoms with E-state index in [1.165, 1.54) is 32.1 Å². The summed E-state index contributed by atoms with van der Waals surface area (Å²) >= 11 is 12.5. The first-order valence-electron chi connectivity index (χ1n) is 8.10. The first kappa shape index (κ1) is 22.7. The van der Waals surface area contributed by atoms with Gasteiger partial charge in [0, 0.05) is 22.3 Å². The normalized spacial score (nSPS) is 11.9. The summed E-state index contributed by atoms with van der Waals surface area (Å²) in [5.41, 5.74) is 0.555. The highest BCUT2D eigenvalue weighted by molar-refractivity contribution is 6.39. The van der Waals surface area contributed by atoms with Crippen LogP contribution in [0.2, 0.25) is 10.0 Å². The van der Waals surface area contributed by atoms with Crippen LogP contribution < -0.4 is 0 Å². The van der Waals surface area contributed by atoms with Gasteiger partial charge in [-0.15, -0.1) is 0 Å². The van der Waals surface area contributed by atoms with Gasteiger partial charge in [0.2, 0.25) is 0 Å². The van der Waals surface area contributed by atoms with Gasteiger partial charge in [-0.2, -0.15) is 0 Å². The molecule has 0 aliphatic carbocycles. The number of ether oxygens (including phenoxy) is 2. The largest absolute Gasteiger partial charge is 0.478 e. The number of hydrogen-bond acceptors (Lipinski definition) is 5. The topological polar surface area (TPSA) is 89.9 Å². The first-order chi connectivity index (χ1) is 12.6. The monoisotopic (exact) mass is 414 g/mol. The summed E-state index contributed by atoms with van der Waals surface area (Å²) in [4.78, 5) is 35.3. The summed E-state index contributed by atoms with van der Waals surface area (Å²) in [5.74, 6) is -2.41. The van der Waals surface area contributed by atoms with Crippen molar-refractivity contribution < 1.29 is 29.0 Å². The Morgan fingerprint density at radius 1 is 0.963 bits per heavy atom. The molecule has 0 saturated carbocycles. The molecule has 8 heteroatoms. The molecule has 1 rings (SSSR count). The Balaban J connectivity index is 3.60. The predicted octanol–water partition coefficient (Wildman–Crippen LogP) is 4.62. The number of halogens is 2. The van der Waals surface area contributed by atoms with E-state index < -0.39 is 17.9 Å². The molecule has 0 spiro atoms. The van der Waals surface area contributed by atoms with Crippen molar-refractivity contribution in [2.45, 2.75) is 27.7 Å². The quantitative estimate of drug-likeness (QED) is 0.516. The molecule has 0 saturated heterocycles. The minimum absolute atomic E-state index is 0.00723. The third-order valence-corrected chi connectivity index (χ3v) is 4.16. The van der Waals surface area contributed by atoms with Crippen LogP contribution in [-0.4, -0.2) is 36.2 Å². The molecule has 6 nitrogen and oxygen atoms in total. The molecule has 1 N–H and O–H groups in total.